The van der Waals surface area contributed by atoms with E-state index in [4.69, 9.17) is 0 Å². The first-order chi connectivity index (χ1) is 9.19. The molecule has 4 heteroatoms. The highest BCUT2D eigenvalue weighted by atomic mass is 79.9. The number of nitrogens with zero attached hydrogens (tertiary/aromatic N) is 1. The molecule has 2 aromatic carbocycles. The minimum atomic E-state index is -0.180. The Labute approximate surface area is 128 Å². The van der Waals surface area contributed by atoms with Crippen LogP contribution in [0.4, 0.5) is 15.8 Å². The molecule has 0 bridgehead atoms. The molecule has 19 heavy (non-hydrogen) atoms. The van der Waals surface area contributed by atoms with Gasteiger partial charge in [-0.1, -0.05) is 44.0 Å². The van der Waals surface area contributed by atoms with Crippen molar-refractivity contribution < 1.29 is 4.39 Å². The lowest BCUT2D eigenvalue weighted by atomic mass is 10.1. The Morgan fingerprint density at radius 3 is 2.74 bits per heavy atom. The molecule has 0 atom stereocenters. The molecule has 0 aliphatic carbocycles. The Balaban J connectivity index is 2.10. The van der Waals surface area contributed by atoms with E-state index in [1.807, 2.05) is 12.1 Å². The van der Waals surface area contributed by atoms with Gasteiger partial charge in [0, 0.05) is 27.7 Å². The summed E-state index contributed by atoms with van der Waals surface area (Å²) in [7, 11) is 0. The van der Waals surface area contributed by atoms with Crippen molar-refractivity contribution in [2.24, 2.45) is 0 Å². The topological polar surface area (TPSA) is 3.24 Å². The largest absolute Gasteiger partial charge is 0.341 e. The van der Waals surface area contributed by atoms with Gasteiger partial charge in [-0.05, 0) is 41.8 Å². The number of halogens is 3. The Kier molecular flexibility index (Phi) is 3.63. The summed E-state index contributed by atoms with van der Waals surface area (Å²) in [5, 5.41) is 0.788. The van der Waals surface area contributed by atoms with Crippen molar-refractivity contribution in [1.82, 2.24) is 0 Å². The Morgan fingerprint density at radius 1 is 1.11 bits per heavy atom. The van der Waals surface area contributed by atoms with Crippen molar-refractivity contribution in [1.29, 1.82) is 0 Å². The van der Waals surface area contributed by atoms with E-state index in [2.05, 4.69) is 48.9 Å². The predicted molar refractivity (Wildman–Crippen MR) is 83.9 cm³/mol. The molecule has 1 heterocycles. The van der Waals surface area contributed by atoms with Gasteiger partial charge in [-0.2, -0.15) is 0 Å². The minimum Gasteiger partial charge on any atom is -0.341 e. The molecule has 98 valence electrons. The molecule has 2 aromatic rings. The molecule has 0 saturated heterocycles. The average molecular weight is 385 g/mol. The van der Waals surface area contributed by atoms with E-state index < -0.39 is 0 Å². The van der Waals surface area contributed by atoms with Gasteiger partial charge in [0.1, 0.15) is 5.82 Å². The maximum atomic E-state index is 13.5. The first-order valence-electron chi connectivity index (χ1n) is 6.09. The summed E-state index contributed by atoms with van der Waals surface area (Å²) in [5.74, 6) is -0.180. The van der Waals surface area contributed by atoms with Gasteiger partial charge in [0.05, 0.1) is 0 Å². The van der Waals surface area contributed by atoms with Crippen LogP contribution in [0.1, 0.15) is 11.1 Å². The quantitative estimate of drug-likeness (QED) is 0.645. The summed E-state index contributed by atoms with van der Waals surface area (Å²) in [6.45, 7) is 0.898. The number of hydrogen-bond donors (Lipinski definition) is 0. The van der Waals surface area contributed by atoms with E-state index in [1.54, 1.807) is 6.07 Å². The SMILES string of the molecule is Fc1ccc2c(c1)N(c1cc(Br)ccc1CBr)CC2. The number of fused-ring (bicyclic) bond motifs is 1. The summed E-state index contributed by atoms with van der Waals surface area (Å²) >= 11 is 7.03. The van der Waals surface area contributed by atoms with Crippen molar-refractivity contribution in [2.75, 3.05) is 11.4 Å². The normalized spacial score (nSPS) is 13.7. The van der Waals surface area contributed by atoms with Gasteiger partial charge < -0.3 is 4.90 Å². The summed E-state index contributed by atoms with van der Waals surface area (Å²) in [6, 6.07) is 11.3. The van der Waals surface area contributed by atoms with Crippen LogP contribution in [0, 0.1) is 5.82 Å². The molecular weight excluding hydrogens is 373 g/mol. The number of hydrogen-bond acceptors (Lipinski definition) is 1. The summed E-state index contributed by atoms with van der Waals surface area (Å²) < 4.78 is 14.5. The summed E-state index contributed by atoms with van der Waals surface area (Å²) in [5.41, 5.74) is 4.54. The van der Waals surface area contributed by atoms with Gasteiger partial charge in [0.25, 0.3) is 0 Å². The zero-order valence-electron chi connectivity index (χ0n) is 10.2. The number of rotatable bonds is 2. The van der Waals surface area contributed by atoms with E-state index in [0.29, 0.717) is 0 Å². The van der Waals surface area contributed by atoms with Crippen LogP contribution in [0.2, 0.25) is 0 Å². The van der Waals surface area contributed by atoms with Crippen LogP contribution in [0.3, 0.4) is 0 Å². The van der Waals surface area contributed by atoms with Crippen molar-refractivity contribution in [3.8, 4) is 0 Å². The Hall–Kier alpha value is -0.870. The van der Waals surface area contributed by atoms with Gasteiger partial charge >= 0.3 is 0 Å². The standard InChI is InChI=1S/C15H12Br2FN/c16-9-11-1-3-12(17)7-14(11)19-6-5-10-2-4-13(18)8-15(10)19/h1-4,7-8H,5-6,9H2. The molecule has 1 aliphatic heterocycles. The van der Waals surface area contributed by atoms with Crippen molar-refractivity contribution in [2.45, 2.75) is 11.8 Å². The van der Waals surface area contributed by atoms with Crippen LogP contribution in [-0.2, 0) is 11.8 Å². The second-order valence-corrected chi connectivity index (χ2v) is 6.06. The van der Waals surface area contributed by atoms with Crippen molar-refractivity contribution in [3.05, 3.63) is 57.8 Å². The molecule has 0 saturated carbocycles. The van der Waals surface area contributed by atoms with Crippen molar-refractivity contribution >= 4 is 43.2 Å². The smallest absolute Gasteiger partial charge is 0.125 e. The van der Waals surface area contributed by atoms with Crippen LogP contribution in [0.5, 0.6) is 0 Å². The van der Waals surface area contributed by atoms with Crippen LogP contribution < -0.4 is 4.90 Å². The van der Waals surface area contributed by atoms with Crippen LogP contribution in [-0.4, -0.2) is 6.54 Å². The summed E-state index contributed by atoms with van der Waals surface area (Å²) in [4.78, 5) is 2.19. The molecule has 0 unspecified atom stereocenters. The zero-order chi connectivity index (χ0) is 13.4. The van der Waals surface area contributed by atoms with E-state index in [9.17, 15) is 4.39 Å². The van der Waals surface area contributed by atoms with Gasteiger partial charge in [-0.3, -0.25) is 0 Å². The molecule has 0 fully saturated rings. The third-order valence-electron chi connectivity index (χ3n) is 3.42. The third kappa shape index (κ3) is 2.43. The second kappa shape index (κ2) is 5.25. The van der Waals surface area contributed by atoms with E-state index >= 15 is 0 Å². The highest BCUT2D eigenvalue weighted by Gasteiger charge is 2.22. The Bertz CT molecular complexity index is 628. The lowest BCUT2D eigenvalue weighted by Gasteiger charge is -2.22. The van der Waals surface area contributed by atoms with Gasteiger partial charge in [0.2, 0.25) is 0 Å². The van der Waals surface area contributed by atoms with Crippen LogP contribution in [0.25, 0.3) is 0 Å². The molecule has 0 radical (unpaired) electrons. The molecule has 0 aromatic heterocycles. The highest BCUT2D eigenvalue weighted by Crippen LogP contribution is 2.38. The first kappa shape index (κ1) is 13.1. The van der Waals surface area contributed by atoms with Crippen LogP contribution >= 0.6 is 31.9 Å². The monoisotopic (exact) mass is 383 g/mol. The van der Waals surface area contributed by atoms with Gasteiger partial charge in [0.15, 0.2) is 0 Å². The third-order valence-corrected chi connectivity index (χ3v) is 4.52. The maximum absolute atomic E-state index is 13.5. The number of benzene rings is 2. The van der Waals surface area contributed by atoms with E-state index in [1.165, 1.54) is 17.2 Å². The highest BCUT2D eigenvalue weighted by molar-refractivity contribution is 9.10. The number of anilines is 2. The van der Waals surface area contributed by atoms with Gasteiger partial charge in [-0.25, -0.2) is 4.39 Å². The molecule has 1 nitrogen and oxygen atoms in total. The summed E-state index contributed by atoms with van der Waals surface area (Å²) in [6.07, 6.45) is 0.962. The van der Waals surface area contributed by atoms with E-state index in [-0.39, 0.29) is 5.82 Å². The fourth-order valence-electron chi connectivity index (χ4n) is 2.50. The first-order valence-corrected chi connectivity index (χ1v) is 8.01. The zero-order valence-corrected chi connectivity index (χ0v) is 13.3. The van der Waals surface area contributed by atoms with Crippen LogP contribution in [0.15, 0.2) is 40.9 Å². The molecular formula is C15H12Br2FN. The second-order valence-electron chi connectivity index (χ2n) is 4.58. The van der Waals surface area contributed by atoms with Gasteiger partial charge in [-0.15, -0.1) is 0 Å². The lowest BCUT2D eigenvalue weighted by Crippen LogP contribution is -2.15. The molecule has 3 rings (SSSR count). The molecule has 0 amide bonds. The predicted octanol–water partition coefficient (Wildman–Crippen LogP) is 5.18. The number of alkyl halides is 1. The molecule has 0 N–H and O–H groups in total. The van der Waals surface area contributed by atoms with Crippen molar-refractivity contribution in [3.63, 3.8) is 0 Å². The minimum absolute atomic E-state index is 0.180. The average Bonchev–Trinajstić information content (AvgIpc) is 2.81. The fourth-order valence-corrected chi connectivity index (χ4v) is 3.33. The Morgan fingerprint density at radius 2 is 1.95 bits per heavy atom. The molecule has 1 aliphatic rings. The van der Waals surface area contributed by atoms with E-state index in [0.717, 1.165) is 34.1 Å². The molecule has 0 spiro atoms. The lowest BCUT2D eigenvalue weighted by molar-refractivity contribution is 0.628. The fraction of sp³-hybridized carbons (Fsp3) is 0.200. The maximum Gasteiger partial charge on any atom is 0.125 e.